The van der Waals surface area contributed by atoms with Crippen molar-refractivity contribution >= 4 is 23.4 Å². The molecule has 0 saturated carbocycles. The van der Waals surface area contributed by atoms with E-state index in [1.807, 2.05) is 36.4 Å². The Kier molecular flexibility index (Phi) is 4.86. The van der Waals surface area contributed by atoms with Crippen LogP contribution in [0.1, 0.15) is 10.5 Å². The molecule has 4 rings (SSSR count). The number of anilines is 3. The SMILES string of the molecule is O=C(Nc1ccccc1)c1cc(N2CCN(c3ncccn3)CC2)ncn1. The molecule has 0 atom stereocenters. The van der Waals surface area contributed by atoms with Gasteiger partial charge in [-0.2, -0.15) is 0 Å². The first-order valence-electron chi connectivity index (χ1n) is 8.75. The number of amides is 1. The van der Waals surface area contributed by atoms with Gasteiger partial charge in [0.25, 0.3) is 5.91 Å². The monoisotopic (exact) mass is 361 g/mol. The number of rotatable bonds is 4. The zero-order chi connectivity index (χ0) is 18.5. The van der Waals surface area contributed by atoms with Gasteiger partial charge in [-0.05, 0) is 18.2 Å². The third kappa shape index (κ3) is 4.00. The van der Waals surface area contributed by atoms with Gasteiger partial charge in [-0.1, -0.05) is 18.2 Å². The van der Waals surface area contributed by atoms with Gasteiger partial charge in [-0.25, -0.2) is 19.9 Å². The standard InChI is InChI=1S/C19H19N7O/c27-18(24-15-5-2-1-3-6-15)16-13-17(23-14-22-16)25-9-11-26(12-10-25)19-20-7-4-8-21-19/h1-8,13-14H,9-12H2,(H,24,27). The van der Waals surface area contributed by atoms with E-state index < -0.39 is 0 Å². The zero-order valence-electron chi connectivity index (χ0n) is 14.7. The fraction of sp³-hybridized carbons (Fsp3) is 0.211. The number of hydrogen-bond donors (Lipinski definition) is 1. The van der Waals surface area contributed by atoms with Crippen molar-refractivity contribution < 1.29 is 4.79 Å². The van der Waals surface area contributed by atoms with Gasteiger partial charge < -0.3 is 15.1 Å². The normalized spacial score (nSPS) is 14.1. The van der Waals surface area contributed by atoms with Gasteiger partial charge in [0.15, 0.2) is 0 Å². The van der Waals surface area contributed by atoms with E-state index in [0.717, 1.165) is 43.6 Å². The van der Waals surface area contributed by atoms with E-state index in [9.17, 15) is 4.79 Å². The highest BCUT2D eigenvalue weighted by atomic mass is 16.1. The van der Waals surface area contributed by atoms with Crippen molar-refractivity contribution in [1.29, 1.82) is 0 Å². The summed E-state index contributed by atoms with van der Waals surface area (Å²) >= 11 is 0. The van der Waals surface area contributed by atoms with E-state index in [2.05, 4.69) is 35.1 Å². The first-order chi connectivity index (χ1) is 13.3. The van der Waals surface area contributed by atoms with Crippen LogP contribution in [0.5, 0.6) is 0 Å². The molecule has 0 unspecified atom stereocenters. The van der Waals surface area contributed by atoms with E-state index in [4.69, 9.17) is 0 Å². The van der Waals surface area contributed by atoms with Gasteiger partial charge >= 0.3 is 0 Å². The van der Waals surface area contributed by atoms with E-state index in [-0.39, 0.29) is 5.91 Å². The van der Waals surface area contributed by atoms with Gasteiger partial charge in [0.1, 0.15) is 17.8 Å². The maximum atomic E-state index is 12.4. The topological polar surface area (TPSA) is 87.1 Å². The van der Waals surface area contributed by atoms with E-state index >= 15 is 0 Å². The second-order valence-corrected chi connectivity index (χ2v) is 6.10. The number of para-hydroxylation sites is 1. The highest BCUT2D eigenvalue weighted by Crippen LogP contribution is 2.17. The Morgan fingerprint density at radius 2 is 1.56 bits per heavy atom. The molecule has 1 aromatic carbocycles. The Labute approximate surface area is 156 Å². The fourth-order valence-electron chi connectivity index (χ4n) is 2.95. The van der Waals surface area contributed by atoms with Crippen LogP contribution in [-0.2, 0) is 0 Å². The lowest BCUT2D eigenvalue weighted by atomic mass is 10.2. The predicted octanol–water partition coefficient (Wildman–Crippen LogP) is 1.85. The Morgan fingerprint density at radius 1 is 0.852 bits per heavy atom. The van der Waals surface area contributed by atoms with Gasteiger partial charge in [0, 0.05) is 50.3 Å². The highest BCUT2D eigenvalue weighted by molar-refractivity contribution is 6.03. The fourth-order valence-corrected chi connectivity index (χ4v) is 2.95. The average Bonchev–Trinajstić information content (AvgIpc) is 2.75. The summed E-state index contributed by atoms with van der Waals surface area (Å²) < 4.78 is 0. The lowest BCUT2D eigenvalue weighted by molar-refractivity contribution is 0.102. The molecule has 1 N–H and O–H groups in total. The first kappa shape index (κ1) is 16.9. The van der Waals surface area contributed by atoms with Crippen LogP contribution in [0.15, 0.2) is 61.2 Å². The molecule has 1 saturated heterocycles. The minimum absolute atomic E-state index is 0.249. The van der Waals surface area contributed by atoms with Crippen molar-refractivity contribution in [3.63, 3.8) is 0 Å². The molecule has 3 aromatic rings. The molecule has 1 aliphatic rings. The van der Waals surface area contributed by atoms with Crippen LogP contribution in [0.4, 0.5) is 17.5 Å². The molecule has 8 heteroatoms. The molecule has 27 heavy (non-hydrogen) atoms. The highest BCUT2D eigenvalue weighted by Gasteiger charge is 2.21. The zero-order valence-corrected chi connectivity index (χ0v) is 14.7. The molecular weight excluding hydrogens is 342 g/mol. The maximum absolute atomic E-state index is 12.4. The Hall–Kier alpha value is -3.55. The first-order valence-corrected chi connectivity index (χ1v) is 8.75. The molecule has 1 fully saturated rings. The van der Waals surface area contributed by atoms with Crippen LogP contribution >= 0.6 is 0 Å². The molecule has 0 spiro atoms. The number of nitrogens with zero attached hydrogens (tertiary/aromatic N) is 6. The van der Waals surface area contributed by atoms with Crippen LogP contribution in [0, 0.1) is 0 Å². The molecule has 1 aliphatic heterocycles. The quantitative estimate of drug-likeness (QED) is 0.759. The minimum atomic E-state index is -0.249. The van der Waals surface area contributed by atoms with Crippen LogP contribution in [0.3, 0.4) is 0 Å². The van der Waals surface area contributed by atoms with Crippen LogP contribution in [0.25, 0.3) is 0 Å². The molecular formula is C19H19N7O. The van der Waals surface area contributed by atoms with E-state index in [1.54, 1.807) is 18.5 Å². The molecule has 136 valence electrons. The van der Waals surface area contributed by atoms with Crippen molar-refractivity contribution in [3.8, 4) is 0 Å². The Bertz CT molecular complexity index is 896. The number of benzene rings is 1. The lowest BCUT2D eigenvalue weighted by Crippen LogP contribution is -2.47. The predicted molar refractivity (Wildman–Crippen MR) is 103 cm³/mol. The van der Waals surface area contributed by atoms with Crippen molar-refractivity contribution in [2.75, 3.05) is 41.3 Å². The molecule has 3 heterocycles. The smallest absolute Gasteiger partial charge is 0.274 e. The maximum Gasteiger partial charge on any atom is 0.274 e. The van der Waals surface area contributed by atoms with Crippen molar-refractivity contribution in [3.05, 3.63) is 66.9 Å². The van der Waals surface area contributed by atoms with Crippen LogP contribution in [-0.4, -0.2) is 52.0 Å². The number of nitrogens with one attached hydrogen (secondary N) is 1. The third-order valence-electron chi connectivity index (χ3n) is 4.36. The summed E-state index contributed by atoms with van der Waals surface area (Å²) in [7, 11) is 0. The van der Waals surface area contributed by atoms with Crippen LogP contribution in [0.2, 0.25) is 0 Å². The van der Waals surface area contributed by atoms with Gasteiger partial charge in [-0.3, -0.25) is 4.79 Å². The average molecular weight is 361 g/mol. The minimum Gasteiger partial charge on any atom is -0.353 e. The number of piperazine rings is 1. The number of aromatic nitrogens is 4. The molecule has 0 aliphatic carbocycles. The Balaban J connectivity index is 1.42. The number of carbonyl (C=O) groups excluding carboxylic acids is 1. The summed E-state index contributed by atoms with van der Waals surface area (Å²) in [6.45, 7) is 3.13. The van der Waals surface area contributed by atoms with Gasteiger partial charge in [0.05, 0.1) is 0 Å². The Morgan fingerprint density at radius 3 is 2.30 bits per heavy atom. The molecule has 1 amide bonds. The van der Waals surface area contributed by atoms with Crippen molar-refractivity contribution in [1.82, 2.24) is 19.9 Å². The summed E-state index contributed by atoms with van der Waals surface area (Å²) in [5.74, 6) is 1.24. The summed E-state index contributed by atoms with van der Waals surface area (Å²) in [6, 6.07) is 12.9. The summed E-state index contributed by atoms with van der Waals surface area (Å²) in [5.41, 5.74) is 1.08. The molecule has 0 radical (unpaired) electrons. The number of carbonyl (C=O) groups is 1. The van der Waals surface area contributed by atoms with Gasteiger partial charge in [-0.15, -0.1) is 0 Å². The summed E-state index contributed by atoms with van der Waals surface area (Å²) in [5, 5.41) is 2.84. The molecule has 0 bridgehead atoms. The van der Waals surface area contributed by atoms with E-state index in [0.29, 0.717) is 5.69 Å². The second-order valence-electron chi connectivity index (χ2n) is 6.10. The van der Waals surface area contributed by atoms with Gasteiger partial charge in [0.2, 0.25) is 5.95 Å². The number of hydrogen-bond acceptors (Lipinski definition) is 7. The summed E-state index contributed by atoms with van der Waals surface area (Å²) in [6.07, 6.45) is 4.93. The lowest BCUT2D eigenvalue weighted by Gasteiger charge is -2.35. The van der Waals surface area contributed by atoms with Crippen LogP contribution < -0.4 is 15.1 Å². The molecule has 8 nitrogen and oxygen atoms in total. The third-order valence-corrected chi connectivity index (χ3v) is 4.36. The summed E-state index contributed by atoms with van der Waals surface area (Å²) in [4.78, 5) is 33.8. The second kappa shape index (κ2) is 7.77. The van der Waals surface area contributed by atoms with Crippen molar-refractivity contribution in [2.24, 2.45) is 0 Å². The largest absolute Gasteiger partial charge is 0.353 e. The molecule has 2 aromatic heterocycles. The van der Waals surface area contributed by atoms with Crippen molar-refractivity contribution in [2.45, 2.75) is 0 Å². The van der Waals surface area contributed by atoms with E-state index in [1.165, 1.54) is 6.33 Å².